The highest BCUT2D eigenvalue weighted by atomic mass is 16.5. The third kappa shape index (κ3) is 3.54. The largest absolute Gasteiger partial charge is 0.506 e. The molecule has 4 aromatic rings. The molecular weight excluding hydrogens is 380 g/mol. The third-order valence-corrected chi connectivity index (χ3v) is 5.32. The summed E-state index contributed by atoms with van der Waals surface area (Å²) in [5, 5.41) is 12.6. The molecule has 0 unspecified atom stereocenters. The molecular formula is C25H22O5. The van der Waals surface area contributed by atoms with E-state index in [0.29, 0.717) is 22.5 Å². The lowest BCUT2D eigenvalue weighted by Crippen LogP contribution is -2.09. The van der Waals surface area contributed by atoms with Gasteiger partial charge in [0.1, 0.15) is 23.5 Å². The fraction of sp³-hybridized carbons (Fsp3) is 0.200. The van der Waals surface area contributed by atoms with E-state index in [1.807, 2.05) is 31.2 Å². The molecule has 0 saturated heterocycles. The standard InChI is InChI=1S/C25H22O5/c1-14(2)20-12-21-17(11-23(26)30-22(21)10-15(20)3)13-29-25(28)19-9-8-16-6-4-5-7-18(16)24(19)27/h4-12,14,27H,13H2,1-3H3. The van der Waals surface area contributed by atoms with E-state index in [-0.39, 0.29) is 17.9 Å². The lowest BCUT2D eigenvalue weighted by atomic mass is 9.95. The van der Waals surface area contributed by atoms with Crippen LogP contribution in [0.1, 0.15) is 46.8 Å². The van der Waals surface area contributed by atoms with Crippen LogP contribution in [-0.4, -0.2) is 11.1 Å². The summed E-state index contributed by atoms with van der Waals surface area (Å²) in [5.41, 5.74) is 2.78. The Hall–Kier alpha value is -3.60. The summed E-state index contributed by atoms with van der Waals surface area (Å²) in [7, 11) is 0. The van der Waals surface area contributed by atoms with Crippen molar-refractivity contribution >= 4 is 27.7 Å². The Kier molecular flexibility index (Phi) is 5.04. The second-order valence-corrected chi connectivity index (χ2v) is 7.71. The van der Waals surface area contributed by atoms with Gasteiger partial charge in [0.05, 0.1) is 0 Å². The lowest BCUT2D eigenvalue weighted by Gasteiger charge is -2.13. The van der Waals surface area contributed by atoms with E-state index in [2.05, 4.69) is 13.8 Å². The second kappa shape index (κ2) is 7.67. The highest BCUT2D eigenvalue weighted by Crippen LogP contribution is 2.30. The van der Waals surface area contributed by atoms with Crippen molar-refractivity contribution in [2.45, 2.75) is 33.3 Å². The number of carbonyl (C=O) groups is 1. The van der Waals surface area contributed by atoms with Gasteiger partial charge in [0.25, 0.3) is 0 Å². The van der Waals surface area contributed by atoms with Crippen LogP contribution in [0.2, 0.25) is 0 Å². The van der Waals surface area contributed by atoms with Crippen LogP contribution in [0.25, 0.3) is 21.7 Å². The summed E-state index contributed by atoms with van der Waals surface area (Å²) >= 11 is 0. The molecule has 152 valence electrons. The minimum Gasteiger partial charge on any atom is -0.506 e. The van der Waals surface area contributed by atoms with Gasteiger partial charge in [-0.25, -0.2) is 9.59 Å². The van der Waals surface area contributed by atoms with Gasteiger partial charge in [-0.15, -0.1) is 0 Å². The maximum Gasteiger partial charge on any atom is 0.342 e. The van der Waals surface area contributed by atoms with Crippen LogP contribution in [0.15, 0.2) is 63.8 Å². The summed E-state index contributed by atoms with van der Waals surface area (Å²) in [6.07, 6.45) is 0. The summed E-state index contributed by atoms with van der Waals surface area (Å²) in [5.74, 6) is -0.477. The van der Waals surface area contributed by atoms with Crippen LogP contribution < -0.4 is 5.63 Å². The number of fused-ring (bicyclic) bond motifs is 2. The first-order valence-corrected chi connectivity index (χ1v) is 9.80. The number of esters is 1. The molecule has 0 aliphatic rings. The van der Waals surface area contributed by atoms with Crippen molar-refractivity contribution in [2.75, 3.05) is 0 Å². The van der Waals surface area contributed by atoms with Gasteiger partial charge in [0, 0.05) is 22.4 Å². The molecule has 4 rings (SSSR count). The van der Waals surface area contributed by atoms with E-state index in [9.17, 15) is 14.7 Å². The third-order valence-electron chi connectivity index (χ3n) is 5.32. The van der Waals surface area contributed by atoms with Gasteiger partial charge < -0.3 is 14.3 Å². The van der Waals surface area contributed by atoms with Gasteiger partial charge in [0.2, 0.25) is 0 Å². The van der Waals surface area contributed by atoms with Crippen LogP contribution in [0, 0.1) is 6.92 Å². The predicted molar refractivity (Wildman–Crippen MR) is 116 cm³/mol. The minimum atomic E-state index is -0.657. The monoisotopic (exact) mass is 402 g/mol. The van der Waals surface area contributed by atoms with Gasteiger partial charge in [-0.2, -0.15) is 0 Å². The average Bonchev–Trinajstić information content (AvgIpc) is 2.71. The number of aromatic hydroxyl groups is 1. The first-order chi connectivity index (χ1) is 14.3. The van der Waals surface area contributed by atoms with Crippen molar-refractivity contribution in [2.24, 2.45) is 0 Å². The van der Waals surface area contributed by atoms with Crippen molar-refractivity contribution in [3.05, 3.63) is 87.3 Å². The van der Waals surface area contributed by atoms with Crippen molar-refractivity contribution in [1.82, 2.24) is 0 Å². The predicted octanol–water partition coefficient (Wildman–Crippen LogP) is 5.44. The normalized spacial score (nSPS) is 11.3. The van der Waals surface area contributed by atoms with E-state index >= 15 is 0 Å². The average molecular weight is 402 g/mol. The molecule has 5 heteroatoms. The number of aryl methyl sites for hydroxylation is 1. The summed E-state index contributed by atoms with van der Waals surface area (Å²) < 4.78 is 10.8. The van der Waals surface area contributed by atoms with Crippen LogP contribution in [0.5, 0.6) is 5.75 Å². The zero-order valence-corrected chi connectivity index (χ0v) is 17.1. The summed E-state index contributed by atoms with van der Waals surface area (Å²) in [4.78, 5) is 24.7. The molecule has 3 aromatic carbocycles. The van der Waals surface area contributed by atoms with Gasteiger partial charge >= 0.3 is 11.6 Å². The first-order valence-electron chi connectivity index (χ1n) is 9.80. The van der Waals surface area contributed by atoms with Crippen LogP contribution in [-0.2, 0) is 11.3 Å². The first kappa shape index (κ1) is 19.7. The molecule has 30 heavy (non-hydrogen) atoms. The second-order valence-electron chi connectivity index (χ2n) is 7.71. The molecule has 1 aromatic heterocycles. The lowest BCUT2D eigenvalue weighted by molar-refractivity contribution is 0.0471. The Morgan fingerprint density at radius 1 is 1.07 bits per heavy atom. The Balaban J connectivity index is 1.68. The number of phenols is 1. The number of phenolic OH excluding ortho intramolecular Hbond substituents is 1. The number of ether oxygens (including phenoxy) is 1. The molecule has 0 aliphatic carbocycles. The number of hydrogen-bond donors (Lipinski definition) is 1. The summed E-state index contributed by atoms with van der Waals surface area (Å²) in [6, 6.07) is 15.7. The van der Waals surface area contributed by atoms with E-state index in [0.717, 1.165) is 21.9 Å². The molecule has 0 saturated carbocycles. The van der Waals surface area contributed by atoms with Crippen LogP contribution in [0.3, 0.4) is 0 Å². The SMILES string of the molecule is Cc1cc2oc(=O)cc(COC(=O)c3ccc4ccccc4c3O)c2cc1C(C)C. The highest BCUT2D eigenvalue weighted by Gasteiger charge is 2.17. The molecule has 5 nitrogen and oxygen atoms in total. The Bertz CT molecular complexity index is 1330. The molecule has 1 N–H and O–H groups in total. The molecule has 1 heterocycles. The van der Waals surface area contributed by atoms with Gasteiger partial charge in [-0.1, -0.05) is 44.2 Å². The maximum atomic E-state index is 12.6. The molecule has 0 aliphatic heterocycles. The summed E-state index contributed by atoms with van der Waals surface area (Å²) in [6.45, 7) is 6.06. The molecule has 0 bridgehead atoms. The zero-order chi connectivity index (χ0) is 21.4. The quantitative estimate of drug-likeness (QED) is 0.363. The number of rotatable bonds is 4. The maximum absolute atomic E-state index is 12.6. The van der Waals surface area contributed by atoms with Crippen LogP contribution in [0.4, 0.5) is 0 Å². The van der Waals surface area contributed by atoms with E-state index in [1.165, 1.54) is 12.1 Å². The van der Waals surface area contributed by atoms with Crippen LogP contribution >= 0.6 is 0 Å². The molecule has 0 fully saturated rings. The Morgan fingerprint density at radius 2 is 1.83 bits per heavy atom. The smallest absolute Gasteiger partial charge is 0.342 e. The van der Waals surface area contributed by atoms with Gasteiger partial charge in [-0.05, 0) is 47.6 Å². The number of hydrogen-bond acceptors (Lipinski definition) is 5. The minimum absolute atomic E-state index is 0.0830. The van der Waals surface area contributed by atoms with Gasteiger partial charge in [-0.3, -0.25) is 0 Å². The van der Waals surface area contributed by atoms with E-state index in [4.69, 9.17) is 9.15 Å². The van der Waals surface area contributed by atoms with Crippen molar-refractivity contribution in [3.8, 4) is 5.75 Å². The van der Waals surface area contributed by atoms with E-state index in [1.54, 1.807) is 18.2 Å². The molecule has 0 amide bonds. The zero-order valence-electron chi connectivity index (χ0n) is 17.1. The van der Waals surface area contributed by atoms with E-state index < -0.39 is 11.6 Å². The number of carbonyl (C=O) groups excluding carboxylic acids is 1. The fourth-order valence-electron chi connectivity index (χ4n) is 3.77. The van der Waals surface area contributed by atoms with Crippen molar-refractivity contribution in [1.29, 1.82) is 0 Å². The molecule has 0 spiro atoms. The number of benzene rings is 3. The Morgan fingerprint density at radius 3 is 2.60 bits per heavy atom. The fourth-order valence-corrected chi connectivity index (χ4v) is 3.77. The molecule has 0 atom stereocenters. The molecule has 0 radical (unpaired) electrons. The van der Waals surface area contributed by atoms with Crippen molar-refractivity contribution < 1.29 is 19.1 Å². The van der Waals surface area contributed by atoms with Crippen molar-refractivity contribution in [3.63, 3.8) is 0 Å². The topological polar surface area (TPSA) is 76.7 Å². The Labute approximate surface area is 173 Å². The van der Waals surface area contributed by atoms with Gasteiger partial charge in [0.15, 0.2) is 0 Å². The highest BCUT2D eigenvalue weighted by molar-refractivity contribution is 6.01.